The summed E-state index contributed by atoms with van der Waals surface area (Å²) in [5.41, 5.74) is -0.102. The molecule has 0 atom stereocenters. The van der Waals surface area contributed by atoms with Crippen molar-refractivity contribution in [2.45, 2.75) is 33.1 Å². The summed E-state index contributed by atoms with van der Waals surface area (Å²) < 4.78 is 6.82. The Morgan fingerprint density at radius 1 is 1.45 bits per heavy atom. The zero-order valence-corrected chi connectivity index (χ0v) is 11.8. The summed E-state index contributed by atoms with van der Waals surface area (Å²) in [4.78, 5) is 15.7. The fourth-order valence-corrected chi connectivity index (χ4v) is 2.15. The Labute approximate surface area is 116 Å². The molecule has 2 heterocycles. The highest BCUT2D eigenvalue weighted by Crippen LogP contribution is 2.31. The molecule has 7 nitrogen and oxygen atoms in total. The standard InChI is InChI=1S/C13H18N4O3/c1-4-13(5-2,12(18)19)6-10-15-11(16-20-10)9-7-14-17(3)8-9/h7-8H,4-6H2,1-3H3,(H,18,19). The monoisotopic (exact) mass is 278 g/mol. The van der Waals surface area contributed by atoms with Gasteiger partial charge in [0.25, 0.3) is 0 Å². The van der Waals surface area contributed by atoms with Gasteiger partial charge in [0.1, 0.15) is 0 Å². The molecular weight excluding hydrogens is 260 g/mol. The normalized spacial score (nSPS) is 11.8. The molecule has 0 bridgehead atoms. The minimum atomic E-state index is -0.848. The predicted octanol–water partition coefficient (Wildman–Crippen LogP) is 1.90. The van der Waals surface area contributed by atoms with E-state index in [0.29, 0.717) is 24.6 Å². The van der Waals surface area contributed by atoms with Gasteiger partial charge in [0.2, 0.25) is 11.7 Å². The van der Waals surface area contributed by atoms with Crippen molar-refractivity contribution in [3.63, 3.8) is 0 Å². The molecule has 0 saturated heterocycles. The van der Waals surface area contributed by atoms with Crippen molar-refractivity contribution < 1.29 is 14.4 Å². The van der Waals surface area contributed by atoms with Gasteiger partial charge in [-0.05, 0) is 12.8 Å². The third-order valence-electron chi connectivity index (χ3n) is 3.73. The maximum Gasteiger partial charge on any atom is 0.310 e. The average molecular weight is 278 g/mol. The van der Waals surface area contributed by atoms with Crippen molar-refractivity contribution in [3.05, 3.63) is 18.3 Å². The molecule has 0 aliphatic rings. The Hall–Kier alpha value is -2.18. The van der Waals surface area contributed by atoms with Gasteiger partial charge in [0.15, 0.2) is 0 Å². The number of nitrogens with zero attached hydrogens (tertiary/aromatic N) is 4. The van der Waals surface area contributed by atoms with Crippen molar-refractivity contribution in [2.24, 2.45) is 12.5 Å². The van der Waals surface area contributed by atoms with E-state index in [4.69, 9.17) is 4.52 Å². The van der Waals surface area contributed by atoms with Crippen LogP contribution in [0.4, 0.5) is 0 Å². The molecule has 20 heavy (non-hydrogen) atoms. The summed E-state index contributed by atoms with van der Waals surface area (Å²) in [6.07, 6.45) is 4.69. The third kappa shape index (κ3) is 2.56. The van der Waals surface area contributed by atoms with Crippen LogP contribution in [0, 0.1) is 5.41 Å². The molecule has 1 N–H and O–H groups in total. The van der Waals surface area contributed by atoms with Gasteiger partial charge >= 0.3 is 5.97 Å². The van der Waals surface area contributed by atoms with E-state index < -0.39 is 11.4 Å². The smallest absolute Gasteiger partial charge is 0.310 e. The third-order valence-corrected chi connectivity index (χ3v) is 3.73. The Bertz CT molecular complexity index is 598. The summed E-state index contributed by atoms with van der Waals surface area (Å²) in [6.45, 7) is 3.71. The molecule has 0 aliphatic heterocycles. The van der Waals surface area contributed by atoms with Crippen LogP contribution >= 0.6 is 0 Å². The van der Waals surface area contributed by atoms with E-state index in [9.17, 15) is 9.90 Å². The first kappa shape index (κ1) is 14.2. The largest absolute Gasteiger partial charge is 0.481 e. The quantitative estimate of drug-likeness (QED) is 0.867. The van der Waals surface area contributed by atoms with Crippen LogP contribution in [0.2, 0.25) is 0 Å². The lowest BCUT2D eigenvalue weighted by atomic mass is 9.79. The lowest BCUT2D eigenvalue weighted by Gasteiger charge is -2.24. The van der Waals surface area contributed by atoms with Gasteiger partial charge in [0.05, 0.1) is 17.2 Å². The summed E-state index contributed by atoms with van der Waals surface area (Å²) in [7, 11) is 1.80. The highest BCUT2D eigenvalue weighted by atomic mass is 16.5. The molecule has 0 amide bonds. The molecular formula is C13H18N4O3. The number of hydrogen-bond acceptors (Lipinski definition) is 5. The second kappa shape index (κ2) is 5.44. The number of carboxylic acid groups (broad SMARTS) is 1. The number of carboxylic acids is 1. The number of hydrogen-bond donors (Lipinski definition) is 1. The zero-order valence-electron chi connectivity index (χ0n) is 11.8. The van der Waals surface area contributed by atoms with Crippen molar-refractivity contribution in [2.75, 3.05) is 0 Å². The van der Waals surface area contributed by atoms with E-state index in [2.05, 4.69) is 15.2 Å². The van der Waals surface area contributed by atoms with Crippen LogP contribution in [0.5, 0.6) is 0 Å². The highest BCUT2D eigenvalue weighted by Gasteiger charge is 2.37. The maximum absolute atomic E-state index is 11.5. The summed E-state index contributed by atoms with van der Waals surface area (Å²) in [5.74, 6) is -0.0572. The summed E-state index contributed by atoms with van der Waals surface area (Å²) >= 11 is 0. The van der Waals surface area contributed by atoms with Crippen LogP contribution in [0.3, 0.4) is 0 Å². The second-order valence-electron chi connectivity index (χ2n) is 4.88. The zero-order chi connectivity index (χ0) is 14.8. The van der Waals surface area contributed by atoms with Crippen molar-refractivity contribution >= 4 is 5.97 Å². The molecule has 7 heteroatoms. The molecule has 2 rings (SSSR count). The van der Waals surface area contributed by atoms with E-state index in [1.54, 1.807) is 24.1 Å². The molecule has 2 aromatic rings. The minimum absolute atomic E-state index is 0.239. The van der Waals surface area contributed by atoms with E-state index in [1.165, 1.54) is 0 Å². The van der Waals surface area contributed by atoms with Gasteiger partial charge in [-0.2, -0.15) is 10.1 Å². The number of carbonyl (C=O) groups is 1. The van der Waals surface area contributed by atoms with Gasteiger partial charge in [-0.25, -0.2) is 0 Å². The predicted molar refractivity (Wildman–Crippen MR) is 70.9 cm³/mol. The number of aliphatic carboxylic acids is 1. The van der Waals surface area contributed by atoms with Crippen molar-refractivity contribution in [3.8, 4) is 11.4 Å². The average Bonchev–Trinajstić information content (AvgIpc) is 3.04. The summed E-state index contributed by atoms with van der Waals surface area (Å²) in [6, 6.07) is 0. The Morgan fingerprint density at radius 2 is 2.15 bits per heavy atom. The molecule has 0 radical (unpaired) electrons. The lowest BCUT2D eigenvalue weighted by molar-refractivity contribution is -0.149. The molecule has 0 fully saturated rings. The molecule has 0 aliphatic carbocycles. The van der Waals surface area contributed by atoms with E-state index in [0.717, 1.165) is 5.56 Å². The van der Waals surface area contributed by atoms with E-state index in [-0.39, 0.29) is 6.42 Å². The first-order valence-corrected chi connectivity index (χ1v) is 6.55. The van der Waals surface area contributed by atoms with Gasteiger partial charge < -0.3 is 9.63 Å². The maximum atomic E-state index is 11.5. The van der Waals surface area contributed by atoms with Crippen LogP contribution in [-0.2, 0) is 18.3 Å². The van der Waals surface area contributed by atoms with Crippen LogP contribution < -0.4 is 0 Å². The van der Waals surface area contributed by atoms with E-state index >= 15 is 0 Å². The fraction of sp³-hybridized carbons (Fsp3) is 0.538. The lowest BCUT2D eigenvalue weighted by Crippen LogP contribution is -2.32. The van der Waals surface area contributed by atoms with Crippen LogP contribution in [0.1, 0.15) is 32.6 Å². The Kier molecular flexibility index (Phi) is 3.87. The Morgan fingerprint density at radius 3 is 2.65 bits per heavy atom. The number of rotatable bonds is 6. The molecule has 108 valence electrons. The number of aromatic nitrogens is 4. The molecule has 0 spiro atoms. The molecule has 0 aromatic carbocycles. The first-order chi connectivity index (χ1) is 9.50. The molecule has 0 unspecified atom stereocenters. The minimum Gasteiger partial charge on any atom is -0.481 e. The first-order valence-electron chi connectivity index (χ1n) is 6.55. The van der Waals surface area contributed by atoms with Crippen molar-refractivity contribution in [1.29, 1.82) is 0 Å². The molecule has 0 saturated carbocycles. The second-order valence-corrected chi connectivity index (χ2v) is 4.88. The van der Waals surface area contributed by atoms with Crippen LogP contribution in [-0.4, -0.2) is 31.0 Å². The Balaban J connectivity index is 2.23. The topological polar surface area (TPSA) is 94.0 Å². The summed E-state index contributed by atoms with van der Waals surface area (Å²) in [5, 5.41) is 17.3. The number of aryl methyl sites for hydroxylation is 1. The highest BCUT2D eigenvalue weighted by molar-refractivity contribution is 5.74. The SMILES string of the molecule is CCC(CC)(Cc1nc(-c2cnn(C)c2)no1)C(=O)O. The molecule has 2 aromatic heterocycles. The van der Waals surface area contributed by atoms with Gasteiger partial charge in [-0.1, -0.05) is 19.0 Å². The van der Waals surface area contributed by atoms with Gasteiger partial charge in [-0.15, -0.1) is 0 Å². The van der Waals surface area contributed by atoms with Crippen LogP contribution in [0.25, 0.3) is 11.4 Å². The fourth-order valence-electron chi connectivity index (χ4n) is 2.15. The van der Waals surface area contributed by atoms with Gasteiger partial charge in [0, 0.05) is 19.7 Å². The van der Waals surface area contributed by atoms with Gasteiger partial charge in [-0.3, -0.25) is 9.48 Å². The van der Waals surface area contributed by atoms with Crippen molar-refractivity contribution in [1.82, 2.24) is 19.9 Å². The van der Waals surface area contributed by atoms with Crippen LogP contribution in [0.15, 0.2) is 16.9 Å². The van der Waals surface area contributed by atoms with E-state index in [1.807, 2.05) is 13.8 Å².